The van der Waals surface area contributed by atoms with Gasteiger partial charge in [-0.25, -0.2) is 4.98 Å². The Labute approximate surface area is 149 Å². The van der Waals surface area contributed by atoms with Gasteiger partial charge in [0.05, 0.1) is 6.61 Å². The van der Waals surface area contributed by atoms with Gasteiger partial charge < -0.3 is 9.64 Å². The Morgan fingerprint density at radius 3 is 2.68 bits per heavy atom. The number of ether oxygens (including phenoxy) is 1. The van der Waals surface area contributed by atoms with Crippen molar-refractivity contribution < 1.29 is 9.53 Å². The number of nitrogens with zero attached hydrogens (tertiary/aromatic N) is 2. The van der Waals surface area contributed by atoms with E-state index in [9.17, 15) is 4.79 Å². The van der Waals surface area contributed by atoms with Crippen LogP contribution >= 0.6 is 0 Å². The molecule has 0 bridgehead atoms. The van der Waals surface area contributed by atoms with Crippen LogP contribution in [0.15, 0.2) is 48.7 Å². The van der Waals surface area contributed by atoms with Crippen LogP contribution in [0.25, 0.3) is 0 Å². The van der Waals surface area contributed by atoms with Crippen molar-refractivity contribution >= 4 is 5.91 Å². The van der Waals surface area contributed by atoms with Crippen molar-refractivity contribution in [1.29, 1.82) is 0 Å². The van der Waals surface area contributed by atoms with Crippen LogP contribution in [0.5, 0.6) is 5.88 Å². The van der Waals surface area contributed by atoms with Crippen molar-refractivity contribution in [3.8, 4) is 5.88 Å². The predicted octanol–water partition coefficient (Wildman–Crippen LogP) is 4.11. The number of aromatic nitrogens is 1. The SMILES string of the molecule is CCOc1cc(C(=O)N(CCc2ccccc2)C2CCCC2)ccn1. The lowest BCUT2D eigenvalue weighted by Gasteiger charge is -2.29. The molecule has 2 aromatic rings. The van der Waals surface area contributed by atoms with Gasteiger partial charge in [0, 0.05) is 30.4 Å². The van der Waals surface area contributed by atoms with Gasteiger partial charge in [-0.3, -0.25) is 4.79 Å². The van der Waals surface area contributed by atoms with Crippen LogP contribution in [0.3, 0.4) is 0 Å². The van der Waals surface area contributed by atoms with E-state index in [4.69, 9.17) is 4.74 Å². The molecule has 0 aliphatic heterocycles. The summed E-state index contributed by atoms with van der Waals surface area (Å²) in [6.07, 6.45) is 7.16. The Morgan fingerprint density at radius 1 is 1.20 bits per heavy atom. The zero-order valence-electron chi connectivity index (χ0n) is 14.9. The molecule has 0 spiro atoms. The Balaban J connectivity index is 1.76. The third-order valence-electron chi connectivity index (χ3n) is 4.78. The van der Waals surface area contributed by atoms with Crippen LogP contribution in [0, 0.1) is 0 Å². The van der Waals surface area contributed by atoms with Gasteiger partial charge in [0.2, 0.25) is 5.88 Å². The van der Waals surface area contributed by atoms with E-state index in [1.807, 2.05) is 25.1 Å². The molecule has 1 fully saturated rings. The molecule has 0 atom stereocenters. The first-order chi connectivity index (χ1) is 12.3. The minimum absolute atomic E-state index is 0.0891. The van der Waals surface area contributed by atoms with E-state index in [2.05, 4.69) is 22.0 Å². The molecule has 0 unspecified atom stereocenters. The molecule has 0 N–H and O–H groups in total. The second-order valence-electron chi connectivity index (χ2n) is 6.49. The van der Waals surface area contributed by atoms with Crippen LogP contribution in [-0.4, -0.2) is 35.0 Å². The fraction of sp³-hybridized carbons (Fsp3) is 0.429. The van der Waals surface area contributed by atoms with E-state index in [-0.39, 0.29) is 5.91 Å². The molecule has 1 amide bonds. The molecule has 25 heavy (non-hydrogen) atoms. The minimum Gasteiger partial charge on any atom is -0.478 e. The summed E-state index contributed by atoms with van der Waals surface area (Å²) < 4.78 is 5.45. The molecular formula is C21H26N2O2. The highest BCUT2D eigenvalue weighted by Crippen LogP contribution is 2.25. The molecule has 4 heteroatoms. The van der Waals surface area contributed by atoms with E-state index in [0.717, 1.165) is 25.8 Å². The predicted molar refractivity (Wildman–Crippen MR) is 98.8 cm³/mol. The number of hydrogen-bond donors (Lipinski definition) is 0. The second-order valence-corrected chi connectivity index (χ2v) is 6.49. The molecule has 3 rings (SSSR count). The lowest BCUT2D eigenvalue weighted by molar-refractivity contribution is 0.0683. The van der Waals surface area contributed by atoms with Gasteiger partial charge >= 0.3 is 0 Å². The number of carbonyl (C=O) groups excluding carboxylic acids is 1. The maximum atomic E-state index is 13.2. The lowest BCUT2D eigenvalue weighted by atomic mass is 10.1. The highest BCUT2D eigenvalue weighted by molar-refractivity contribution is 5.94. The zero-order valence-corrected chi connectivity index (χ0v) is 14.9. The van der Waals surface area contributed by atoms with Gasteiger partial charge in [-0.1, -0.05) is 43.2 Å². The molecule has 1 aromatic carbocycles. The topological polar surface area (TPSA) is 42.4 Å². The average molecular weight is 338 g/mol. The van der Waals surface area contributed by atoms with Crippen LogP contribution in [0.1, 0.15) is 48.5 Å². The summed E-state index contributed by atoms with van der Waals surface area (Å²) >= 11 is 0. The summed E-state index contributed by atoms with van der Waals surface area (Å²) in [4.78, 5) is 19.4. The van der Waals surface area contributed by atoms with Crippen LogP contribution in [-0.2, 0) is 6.42 Å². The van der Waals surface area contributed by atoms with Crippen molar-refractivity contribution in [2.75, 3.05) is 13.2 Å². The molecule has 4 nitrogen and oxygen atoms in total. The molecule has 1 heterocycles. The van der Waals surface area contributed by atoms with Crippen molar-refractivity contribution in [3.63, 3.8) is 0 Å². The Hall–Kier alpha value is -2.36. The van der Waals surface area contributed by atoms with Crippen molar-refractivity contribution in [2.45, 2.75) is 45.1 Å². The summed E-state index contributed by atoms with van der Waals surface area (Å²) in [5.41, 5.74) is 1.93. The number of amides is 1. The number of hydrogen-bond acceptors (Lipinski definition) is 3. The molecule has 1 saturated carbocycles. The maximum absolute atomic E-state index is 13.2. The standard InChI is InChI=1S/C21H26N2O2/c1-2-25-20-16-18(12-14-22-20)21(24)23(19-10-6-7-11-19)15-13-17-8-4-3-5-9-17/h3-5,8-9,12,14,16,19H,2,6-7,10-11,13,15H2,1H3. The lowest BCUT2D eigenvalue weighted by Crippen LogP contribution is -2.40. The molecule has 0 saturated heterocycles. The Kier molecular flexibility index (Phi) is 6.04. The molecule has 1 aliphatic carbocycles. The van der Waals surface area contributed by atoms with E-state index >= 15 is 0 Å². The van der Waals surface area contributed by atoms with E-state index in [1.54, 1.807) is 18.3 Å². The third-order valence-corrected chi connectivity index (χ3v) is 4.78. The van der Waals surface area contributed by atoms with Crippen LogP contribution < -0.4 is 4.74 Å². The quantitative estimate of drug-likeness (QED) is 0.763. The number of pyridine rings is 1. The second kappa shape index (κ2) is 8.65. The number of carbonyl (C=O) groups is 1. The normalized spacial score (nSPS) is 14.4. The van der Waals surface area contributed by atoms with Gasteiger partial charge in [0.1, 0.15) is 0 Å². The van der Waals surface area contributed by atoms with Gasteiger partial charge in [-0.05, 0) is 37.8 Å². The summed E-state index contributed by atoms with van der Waals surface area (Å²) in [5.74, 6) is 0.606. The summed E-state index contributed by atoms with van der Waals surface area (Å²) in [7, 11) is 0. The van der Waals surface area contributed by atoms with E-state index < -0.39 is 0 Å². The van der Waals surface area contributed by atoms with Gasteiger partial charge in [-0.15, -0.1) is 0 Å². The summed E-state index contributed by atoms with van der Waals surface area (Å²) in [6.45, 7) is 3.21. The maximum Gasteiger partial charge on any atom is 0.254 e. The third kappa shape index (κ3) is 4.59. The van der Waals surface area contributed by atoms with Gasteiger partial charge in [-0.2, -0.15) is 0 Å². The van der Waals surface area contributed by atoms with Crippen LogP contribution in [0.2, 0.25) is 0 Å². The molecule has 132 valence electrons. The van der Waals surface area contributed by atoms with Gasteiger partial charge in [0.15, 0.2) is 0 Å². The minimum atomic E-state index is 0.0891. The van der Waals surface area contributed by atoms with Crippen molar-refractivity contribution in [3.05, 3.63) is 59.8 Å². The Morgan fingerprint density at radius 2 is 1.96 bits per heavy atom. The summed E-state index contributed by atoms with van der Waals surface area (Å²) in [6, 6.07) is 14.3. The fourth-order valence-corrected chi connectivity index (χ4v) is 3.50. The highest BCUT2D eigenvalue weighted by atomic mass is 16.5. The van der Waals surface area contributed by atoms with Crippen molar-refractivity contribution in [1.82, 2.24) is 9.88 Å². The first kappa shape index (κ1) is 17.5. The fourth-order valence-electron chi connectivity index (χ4n) is 3.50. The number of rotatable bonds is 7. The largest absolute Gasteiger partial charge is 0.478 e. The molecule has 1 aliphatic rings. The van der Waals surface area contributed by atoms with Gasteiger partial charge in [0.25, 0.3) is 5.91 Å². The number of benzene rings is 1. The highest BCUT2D eigenvalue weighted by Gasteiger charge is 2.27. The van der Waals surface area contributed by atoms with E-state index in [0.29, 0.717) is 24.1 Å². The van der Waals surface area contributed by atoms with Crippen LogP contribution in [0.4, 0.5) is 0 Å². The first-order valence-corrected chi connectivity index (χ1v) is 9.21. The smallest absolute Gasteiger partial charge is 0.254 e. The average Bonchev–Trinajstić information content (AvgIpc) is 3.17. The van der Waals surface area contributed by atoms with E-state index in [1.165, 1.54) is 18.4 Å². The summed E-state index contributed by atoms with van der Waals surface area (Å²) in [5, 5.41) is 0. The molecular weight excluding hydrogens is 312 g/mol. The zero-order chi connectivity index (χ0) is 17.5. The molecule has 0 radical (unpaired) electrons. The first-order valence-electron chi connectivity index (χ1n) is 9.21. The molecule has 1 aromatic heterocycles. The monoisotopic (exact) mass is 338 g/mol. The van der Waals surface area contributed by atoms with Crippen molar-refractivity contribution in [2.24, 2.45) is 0 Å². The Bertz CT molecular complexity index is 681.